The predicted octanol–water partition coefficient (Wildman–Crippen LogP) is 2.20. The van der Waals surface area contributed by atoms with Crippen molar-refractivity contribution in [2.75, 3.05) is 26.7 Å². The summed E-state index contributed by atoms with van der Waals surface area (Å²) in [5.74, 6) is 0.153. The summed E-state index contributed by atoms with van der Waals surface area (Å²) in [6, 6.07) is 4.14. The number of carbonyl (C=O) groups is 1. The van der Waals surface area contributed by atoms with Gasteiger partial charge in [-0.05, 0) is 25.0 Å². The fraction of sp³-hybridized carbons (Fsp3) is 0.615. The molecule has 1 saturated heterocycles. The van der Waals surface area contributed by atoms with E-state index in [2.05, 4.69) is 4.90 Å². The number of rotatable bonds is 4. The fourth-order valence-corrected chi connectivity index (χ4v) is 3.32. The van der Waals surface area contributed by atoms with Gasteiger partial charge < -0.3 is 10.6 Å². The van der Waals surface area contributed by atoms with Crippen LogP contribution in [0.3, 0.4) is 0 Å². The maximum absolute atomic E-state index is 12.1. The van der Waals surface area contributed by atoms with Crippen molar-refractivity contribution in [3.8, 4) is 0 Å². The molecule has 2 rings (SSSR count). The molecule has 1 aromatic heterocycles. The average Bonchev–Trinajstić information content (AvgIpc) is 2.77. The van der Waals surface area contributed by atoms with Crippen LogP contribution < -0.4 is 5.73 Å². The lowest BCUT2D eigenvalue weighted by Crippen LogP contribution is -2.44. The van der Waals surface area contributed by atoms with Crippen LogP contribution in [0.2, 0.25) is 4.34 Å². The lowest BCUT2D eigenvalue weighted by molar-refractivity contribution is -0.131. The number of likely N-dealkylation sites (N-methyl/N-ethyl adjacent to an activating group) is 1. The smallest absolute Gasteiger partial charge is 0.236 e. The molecular formula is C13H21Cl2N3OS. The number of likely N-dealkylation sites (tertiary alicyclic amines) is 1. The van der Waals surface area contributed by atoms with E-state index >= 15 is 0 Å². The van der Waals surface area contributed by atoms with Crippen LogP contribution in [0.5, 0.6) is 0 Å². The third-order valence-corrected chi connectivity index (χ3v) is 4.65. The molecule has 1 aromatic rings. The molecule has 1 aliphatic heterocycles. The van der Waals surface area contributed by atoms with Crippen molar-refractivity contribution >= 4 is 41.3 Å². The summed E-state index contributed by atoms with van der Waals surface area (Å²) in [5, 5.41) is 0. The van der Waals surface area contributed by atoms with Crippen molar-refractivity contribution in [2.24, 2.45) is 5.73 Å². The van der Waals surface area contributed by atoms with Crippen LogP contribution in [-0.2, 0) is 11.3 Å². The Labute approximate surface area is 135 Å². The van der Waals surface area contributed by atoms with Gasteiger partial charge in [0.05, 0.1) is 17.4 Å². The number of halogens is 2. The fourth-order valence-electron chi connectivity index (χ4n) is 2.18. The van der Waals surface area contributed by atoms with Crippen molar-refractivity contribution in [3.05, 3.63) is 21.3 Å². The first kappa shape index (κ1) is 17.7. The van der Waals surface area contributed by atoms with E-state index < -0.39 is 0 Å². The summed E-state index contributed by atoms with van der Waals surface area (Å²) < 4.78 is 0.765. The van der Waals surface area contributed by atoms with E-state index in [-0.39, 0.29) is 18.3 Å². The Hall–Kier alpha value is -0.330. The largest absolute Gasteiger partial charge is 0.340 e. The molecule has 0 saturated carbocycles. The minimum atomic E-state index is 0. The molecule has 0 bridgehead atoms. The van der Waals surface area contributed by atoms with Crippen LogP contribution in [0.15, 0.2) is 12.1 Å². The molecule has 0 spiro atoms. The van der Waals surface area contributed by atoms with E-state index in [1.54, 1.807) is 4.90 Å². The molecule has 20 heavy (non-hydrogen) atoms. The zero-order valence-corrected chi connectivity index (χ0v) is 13.9. The predicted molar refractivity (Wildman–Crippen MR) is 86.7 cm³/mol. The molecule has 0 atom stereocenters. The normalized spacial score (nSPS) is 16.8. The van der Waals surface area contributed by atoms with E-state index in [1.165, 1.54) is 11.3 Å². The van der Waals surface area contributed by atoms with Gasteiger partial charge in [0.2, 0.25) is 5.91 Å². The molecule has 1 amide bonds. The second-order valence-electron chi connectivity index (χ2n) is 5.07. The zero-order valence-electron chi connectivity index (χ0n) is 11.5. The first-order chi connectivity index (χ1) is 9.04. The number of piperidine rings is 1. The first-order valence-electron chi connectivity index (χ1n) is 6.50. The van der Waals surface area contributed by atoms with Gasteiger partial charge in [0.15, 0.2) is 0 Å². The van der Waals surface area contributed by atoms with Gasteiger partial charge in [0.25, 0.3) is 0 Å². The van der Waals surface area contributed by atoms with Crippen LogP contribution in [0.4, 0.5) is 0 Å². The molecule has 0 aromatic carbocycles. The Morgan fingerprint density at radius 3 is 2.70 bits per heavy atom. The van der Waals surface area contributed by atoms with Crippen LogP contribution >= 0.6 is 35.3 Å². The Balaban J connectivity index is 0.00000200. The SMILES string of the molecule is CN(Cc1ccc(Cl)s1)C(=O)CN1CCC(N)CC1.Cl. The lowest BCUT2D eigenvalue weighted by atomic mass is 10.1. The minimum absolute atomic E-state index is 0. The number of hydrogen-bond acceptors (Lipinski definition) is 4. The van der Waals surface area contributed by atoms with Crippen molar-refractivity contribution in [1.29, 1.82) is 0 Å². The summed E-state index contributed by atoms with van der Waals surface area (Å²) in [4.78, 5) is 17.2. The molecule has 0 radical (unpaired) electrons. The van der Waals surface area contributed by atoms with Gasteiger partial charge in [0, 0.05) is 31.1 Å². The number of amides is 1. The summed E-state index contributed by atoms with van der Waals surface area (Å²) >= 11 is 7.41. The van der Waals surface area contributed by atoms with E-state index in [0.29, 0.717) is 19.1 Å². The third-order valence-electron chi connectivity index (χ3n) is 3.44. The summed E-state index contributed by atoms with van der Waals surface area (Å²) in [6.07, 6.45) is 1.97. The summed E-state index contributed by atoms with van der Waals surface area (Å²) in [5.41, 5.74) is 5.86. The maximum Gasteiger partial charge on any atom is 0.236 e. The van der Waals surface area contributed by atoms with Gasteiger partial charge in [-0.3, -0.25) is 9.69 Å². The van der Waals surface area contributed by atoms with Gasteiger partial charge in [-0.15, -0.1) is 23.7 Å². The second-order valence-corrected chi connectivity index (χ2v) is 6.87. The molecule has 114 valence electrons. The standard InChI is InChI=1S/C13H20ClN3OS.ClH/c1-16(8-11-2-3-12(14)19-11)13(18)9-17-6-4-10(15)5-7-17;/h2-3,10H,4-9,15H2,1H3;1H. The van der Waals surface area contributed by atoms with Crippen molar-refractivity contribution in [1.82, 2.24) is 9.80 Å². The van der Waals surface area contributed by atoms with Gasteiger partial charge in [-0.2, -0.15) is 0 Å². The minimum Gasteiger partial charge on any atom is -0.340 e. The number of nitrogens with two attached hydrogens (primary N) is 1. The van der Waals surface area contributed by atoms with Crippen molar-refractivity contribution in [3.63, 3.8) is 0 Å². The highest BCUT2D eigenvalue weighted by molar-refractivity contribution is 7.16. The Kier molecular flexibility index (Phi) is 7.26. The molecule has 2 N–H and O–H groups in total. The molecule has 2 heterocycles. The summed E-state index contributed by atoms with van der Waals surface area (Å²) in [7, 11) is 1.84. The first-order valence-corrected chi connectivity index (χ1v) is 7.70. The molecule has 4 nitrogen and oxygen atoms in total. The van der Waals surface area contributed by atoms with E-state index in [9.17, 15) is 4.79 Å². The van der Waals surface area contributed by atoms with Crippen molar-refractivity contribution in [2.45, 2.75) is 25.4 Å². The number of hydrogen-bond donors (Lipinski definition) is 1. The average molecular weight is 338 g/mol. The Morgan fingerprint density at radius 1 is 1.50 bits per heavy atom. The van der Waals surface area contributed by atoms with Crippen LogP contribution in [-0.4, -0.2) is 48.4 Å². The van der Waals surface area contributed by atoms with E-state index in [1.807, 2.05) is 19.2 Å². The molecular weight excluding hydrogens is 317 g/mol. The highest BCUT2D eigenvalue weighted by Crippen LogP contribution is 2.22. The Bertz CT molecular complexity index is 433. The van der Waals surface area contributed by atoms with Crippen molar-refractivity contribution < 1.29 is 4.79 Å². The van der Waals surface area contributed by atoms with Gasteiger partial charge >= 0.3 is 0 Å². The zero-order chi connectivity index (χ0) is 13.8. The third kappa shape index (κ3) is 5.22. The van der Waals surface area contributed by atoms with Crippen LogP contribution in [0, 0.1) is 0 Å². The molecule has 7 heteroatoms. The van der Waals surface area contributed by atoms with Gasteiger partial charge in [0.1, 0.15) is 0 Å². The number of nitrogens with zero attached hydrogens (tertiary/aromatic N) is 2. The quantitative estimate of drug-likeness (QED) is 0.916. The lowest BCUT2D eigenvalue weighted by Gasteiger charge is -2.30. The van der Waals surface area contributed by atoms with Gasteiger partial charge in [-0.25, -0.2) is 0 Å². The van der Waals surface area contributed by atoms with E-state index in [4.69, 9.17) is 17.3 Å². The highest BCUT2D eigenvalue weighted by Gasteiger charge is 2.20. The second kappa shape index (κ2) is 8.20. The van der Waals surface area contributed by atoms with Crippen LogP contribution in [0.1, 0.15) is 17.7 Å². The Morgan fingerprint density at radius 2 is 2.15 bits per heavy atom. The van der Waals surface area contributed by atoms with E-state index in [0.717, 1.165) is 35.1 Å². The number of thiophene rings is 1. The summed E-state index contributed by atoms with van der Waals surface area (Å²) in [6.45, 7) is 2.96. The maximum atomic E-state index is 12.1. The molecule has 0 aliphatic carbocycles. The molecule has 1 fully saturated rings. The van der Waals surface area contributed by atoms with Crippen LogP contribution in [0.25, 0.3) is 0 Å². The highest BCUT2D eigenvalue weighted by atomic mass is 35.5. The monoisotopic (exact) mass is 337 g/mol. The topological polar surface area (TPSA) is 49.6 Å². The van der Waals surface area contributed by atoms with Gasteiger partial charge in [-0.1, -0.05) is 11.6 Å². The molecule has 0 unspecified atom stereocenters. The molecule has 1 aliphatic rings. The number of carbonyl (C=O) groups excluding carboxylic acids is 1.